The standard InChI is InChI=1S/C31H35N5O4/c1-20-15-21(16-24-19-32-34-28(20)24)17-27(30(38)35-11-5-2-6-12-35)40-31(39)36-13-9-22(10-14-36)25-18-23-7-3-4-8-26(23)33-29(25)37/h3-4,7-8,15-16,18-19,22,27H,2,5-6,9-14,17H2,1H3,(H,32,34)(H,33,37)/t27-/m1/s1. The normalized spacial score (nSPS) is 17.3. The number of carbonyl (C=O) groups excluding carboxylic acids is 2. The number of piperidine rings is 2. The summed E-state index contributed by atoms with van der Waals surface area (Å²) in [4.78, 5) is 46.2. The first-order valence-electron chi connectivity index (χ1n) is 14.2. The second-order valence-corrected chi connectivity index (χ2v) is 11.1. The molecule has 0 aliphatic carbocycles. The van der Waals surface area contributed by atoms with Gasteiger partial charge in [-0.05, 0) is 79.7 Å². The Morgan fingerprint density at radius 3 is 2.58 bits per heavy atom. The second kappa shape index (κ2) is 11.2. The number of aryl methyl sites for hydroxylation is 1. The summed E-state index contributed by atoms with van der Waals surface area (Å²) in [5.74, 6) is -0.0663. The molecule has 0 saturated carbocycles. The van der Waals surface area contributed by atoms with Crippen molar-refractivity contribution in [1.29, 1.82) is 0 Å². The average Bonchev–Trinajstić information content (AvgIpc) is 3.46. The van der Waals surface area contributed by atoms with Gasteiger partial charge < -0.3 is 19.5 Å². The number of fused-ring (bicyclic) bond motifs is 2. The lowest BCUT2D eigenvalue weighted by molar-refractivity contribution is -0.141. The van der Waals surface area contributed by atoms with Gasteiger partial charge in [-0.25, -0.2) is 4.79 Å². The lowest BCUT2D eigenvalue weighted by atomic mass is 9.89. The quantitative estimate of drug-likeness (QED) is 0.382. The van der Waals surface area contributed by atoms with Gasteiger partial charge in [0, 0.05) is 49.1 Å². The molecule has 2 aliphatic rings. The SMILES string of the molecule is Cc1cc(C[C@@H](OC(=O)N2CCC(c3cc4ccccc4[nH]c3=O)CC2)C(=O)N2CCCCC2)cc2cn[nH]c12. The van der Waals surface area contributed by atoms with Crippen molar-refractivity contribution in [2.45, 2.75) is 57.5 Å². The monoisotopic (exact) mass is 541 g/mol. The van der Waals surface area contributed by atoms with Crippen LogP contribution in [-0.4, -0.2) is 69.3 Å². The van der Waals surface area contributed by atoms with Crippen molar-refractivity contribution in [3.8, 4) is 0 Å². The number of likely N-dealkylation sites (tertiary alicyclic amines) is 2. The number of ether oxygens (including phenoxy) is 1. The summed E-state index contributed by atoms with van der Waals surface area (Å²) >= 11 is 0. The number of pyridine rings is 1. The van der Waals surface area contributed by atoms with Gasteiger partial charge >= 0.3 is 6.09 Å². The van der Waals surface area contributed by atoms with Crippen LogP contribution >= 0.6 is 0 Å². The van der Waals surface area contributed by atoms with Crippen LogP contribution in [0, 0.1) is 6.92 Å². The third-order valence-electron chi connectivity index (χ3n) is 8.39. The van der Waals surface area contributed by atoms with Crippen molar-refractivity contribution in [2.24, 2.45) is 0 Å². The molecule has 2 aliphatic heterocycles. The van der Waals surface area contributed by atoms with Crippen molar-refractivity contribution in [2.75, 3.05) is 26.2 Å². The van der Waals surface area contributed by atoms with Gasteiger partial charge in [-0.3, -0.25) is 14.7 Å². The first-order valence-corrected chi connectivity index (χ1v) is 14.2. The molecule has 2 aromatic carbocycles. The van der Waals surface area contributed by atoms with Crippen LogP contribution < -0.4 is 5.56 Å². The molecule has 4 heterocycles. The van der Waals surface area contributed by atoms with E-state index in [1.807, 2.05) is 54.3 Å². The Morgan fingerprint density at radius 1 is 1.00 bits per heavy atom. The van der Waals surface area contributed by atoms with Gasteiger partial charge in [0.25, 0.3) is 11.5 Å². The van der Waals surface area contributed by atoms with Gasteiger partial charge in [0.15, 0.2) is 6.10 Å². The van der Waals surface area contributed by atoms with Gasteiger partial charge in [-0.15, -0.1) is 0 Å². The van der Waals surface area contributed by atoms with Crippen molar-refractivity contribution >= 4 is 33.8 Å². The molecule has 2 N–H and O–H groups in total. The maximum Gasteiger partial charge on any atom is 0.410 e. The van der Waals surface area contributed by atoms with E-state index >= 15 is 0 Å². The molecule has 0 unspecified atom stereocenters. The Morgan fingerprint density at radius 2 is 1.77 bits per heavy atom. The highest BCUT2D eigenvalue weighted by Crippen LogP contribution is 2.28. The Bertz CT molecular complexity index is 1590. The predicted molar refractivity (Wildman–Crippen MR) is 153 cm³/mol. The smallest absolute Gasteiger partial charge is 0.410 e. The lowest BCUT2D eigenvalue weighted by Crippen LogP contribution is -2.47. The molecule has 208 valence electrons. The summed E-state index contributed by atoms with van der Waals surface area (Å²) in [6.07, 6.45) is 5.09. The molecule has 4 aromatic rings. The van der Waals surface area contributed by atoms with Crippen LogP contribution in [0.25, 0.3) is 21.8 Å². The zero-order chi connectivity index (χ0) is 27.6. The molecule has 1 atom stereocenters. The Labute approximate surface area is 232 Å². The highest BCUT2D eigenvalue weighted by molar-refractivity contribution is 5.85. The highest BCUT2D eigenvalue weighted by Gasteiger charge is 2.33. The van der Waals surface area contributed by atoms with E-state index in [0.717, 1.165) is 57.8 Å². The number of benzene rings is 2. The molecular weight excluding hydrogens is 506 g/mol. The van der Waals surface area contributed by atoms with E-state index in [2.05, 4.69) is 15.2 Å². The van der Waals surface area contributed by atoms with Gasteiger partial charge in [-0.2, -0.15) is 5.10 Å². The fourth-order valence-corrected chi connectivity index (χ4v) is 6.18. The molecule has 0 bridgehead atoms. The number of para-hydroxylation sites is 1. The van der Waals surface area contributed by atoms with Gasteiger partial charge in [0.05, 0.1) is 11.7 Å². The topological polar surface area (TPSA) is 111 Å². The molecule has 9 heteroatoms. The first kappa shape index (κ1) is 26.1. The van der Waals surface area contributed by atoms with Gasteiger partial charge in [0.1, 0.15) is 0 Å². The first-order chi connectivity index (χ1) is 19.5. The molecule has 2 amide bonds. The zero-order valence-corrected chi connectivity index (χ0v) is 22.8. The van der Waals surface area contributed by atoms with Crippen LogP contribution in [0.4, 0.5) is 4.79 Å². The summed E-state index contributed by atoms with van der Waals surface area (Å²) in [7, 11) is 0. The number of hydrogen-bond acceptors (Lipinski definition) is 5. The van der Waals surface area contributed by atoms with Gasteiger partial charge in [0.2, 0.25) is 0 Å². The lowest BCUT2D eigenvalue weighted by Gasteiger charge is -2.34. The van der Waals surface area contributed by atoms with E-state index in [-0.39, 0.29) is 17.4 Å². The average molecular weight is 542 g/mol. The minimum absolute atomic E-state index is 0.0628. The maximum atomic E-state index is 13.6. The number of H-pyrrole nitrogens is 2. The van der Waals surface area contributed by atoms with E-state index in [4.69, 9.17) is 4.74 Å². The van der Waals surface area contributed by atoms with Crippen LogP contribution in [0.15, 0.2) is 53.5 Å². The third-order valence-corrected chi connectivity index (χ3v) is 8.39. The van der Waals surface area contributed by atoms with E-state index in [1.165, 1.54) is 0 Å². The summed E-state index contributed by atoms with van der Waals surface area (Å²) in [6, 6.07) is 13.8. The van der Waals surface area contributed by atoms with Crippen molar-refractivity contribution in [1.82, 2.24) is 25.0 Å². The van der Waals surface area contributed by atoms with E-state index in [0.29, 0.717) is 45.4 Å². The number of nitrogens with one attached hydrogen (secondary N) is 2. The fourth-order valence-electron chi connectivity index (χ4n) is 6.18. The Hall–Kier alpha value is -4.14. The number of hydrogen-bond donors (Lipinski definition) is 2. The molecule has 9 nitrogen and oxygen atoms in total. The number of rotatable bonds is 5. The van der Waals surface area contributed by atoms with Crippen molar-refractivity contribution in [3.05, 3.63) is 75.7 Å². The summed E-state index contributed by atoms with van der Waals surface area (Å²) in [5.41, 5.74) is 4.44. The largest absolute Gasteiger partial charge is 0.436 e. The summed E-state index contributed by atoms with van der Waals surface area (Å²) < 4.78 is 5.97. The Balaban J connectivity index is 1.16. The van der Waals surface area contributed by atoms with E-state index < -0.39 is 12.2 Å². The number of aromatic nitrogens is 3. The molecule has 2 saturated heterocycles. The molecule has 0 spiro atoms. The zero-order valence-electron chi connectivity index (χ0n) is 22.8. The van der Waals surface area contributed by atoms with E-state index in [1.54, 1.807) is 11.1 Å². The van der Waals surface area contributed by atoms with Crippen LogP contribution in [0.1, 0.15) is 54.7 Å². The minimum Gasteiger partial charge on any atom is -0.436 e. The molecule has 40 heavy (non-hydrogen) atoms. The molecule has 6 rings (SSSR count). The van der Waals surface area contributed by atoms with Crippen LogP contribution in [-0.2, 0) is 16.0 Å². The summed E-state index contributed by atoms with van der Waals surface area (Å²) in [5, 5.41) is 9.11. The van der Waals surface area contributed by atoms with Crippen molar-refractivity contribution in [3.63, 3.8) is 0 Å². The fraction of sp³-hybridized carbons (Fsp3) is 0.419. The molecule has 2 aromatic heterocycles. The Kier molecular flexibility index (Phi) is 7.28. The number of amides is 2. The van der Waals surface area contributed by atoms with Gasteiger partial charge in [-0.1, -0.05) is 24.3 Å². The molecule has 0 radical (unpaired) electrons. The van der Waals surface area contributed by atoms with Crippen LogP contribution in [0.3, 0.4) is 0 Å². The summed E-state index contributed by atoms with van der Waals surface area (Å²) in [6.45, 7) is 4.33. The van der Waals surface area contributed by atoms with Crippen molar-refractivity contribution < 1.29 is 14.3 Å². The van der Waals surface area contributed by atoms with Crippen LogP contribution in [0.5, 0.6) is 0 Å². The van der Waals surface area contributed by atoms with Crippen LogP contribution in [0.2, 0.25) is 0 Å². The molecular formula is C31H35N5O4. The van der Waals surface area contributed by atoms with E-state index in [9.17, 15) is 14.4 Å². The number of aromatic amines is 2. The molecule has 2 fully saturated rings. The maximum absolute atomic E-state index is 13.6. The predicted octanol–water partition coefficient (Wildman–Crippen LogP) is 4.65. The number of nitrogens with zero attached hydrogens (tertiary/aromatic N) is 3. The number of carbonyl (C=O) groups is 2. The highest BCUT2D eigenvalue weighted by atomic mass is 16.6. The minimum atomic E-state index is -0.893. The third kappa shape index (κ3) is 5.33. The second-order valence-electron chi connectivity index (χ2n) is 11.1.